The van der Waals surface area contributed by atoms with E-state index in [1.54, 1.807) is 30.3 Å². The smallest absolute Gasteiger partial charge is 0.264 e. The summed E-state index contributed by atoms with van der Waals surface area (Å²) in [5, 5.41) is 3.16. The zero-order chi connectivity index (χ0) is 28.2. The van der Waals surface area contributed by atoms with Gasteiger partial charge in [0.05, 0.1) is 20.6 Å². The fourth-order valence-corrected chi connectivity index (χ4v) is 6.07. The first-order valence-electron chi connectivity index (χ1n) is 11.4. The monoisotopic (exact) mass is 615 g/mol. The van der Waals surface area contributed by atoms with Crippen molar-refractivity contribution >= 4 is 73.9 Å². The van der Waals surface area contributed by atoms with Crippen LogP contribution in [0, 0.1) is 6.92 Å². The maximum absolute atomic E-state index is 13.8. The Kier molecular flexibility index (Phi) is 9.95. The molecule has 1 N–H and O–H groups in total. The number of nitrogens with one attached hydrogen (secondary N) is 1. The van der Waals surface area contributed by atoms with Gasteiger partial charge < -0.3 is 10.2 Å². The van der Waals surface area contributed by atoms with Crippen LogP contribution in [-0.2, 0) is 26.2 Å². The van der Waals surface area contributed by atoms with Crippen molar-refractivity contribution in [2.75, 3.05) is 17.9 Å². The number of amides is 2. The van der Waals surface area contributed by atoms with Crippen LogP contribution in [-0.4, -0.2) is 44.8 Å². The van der Waals surface area contributed by atoms with Crippen LogP contribution in [0.15, 0.2) is 65.6 Å². The summed E-state index contributed by atoms with van der Waals surface area (Å²) >= 11 is 25.3. The minimum atomic E-state index is -4.29. The number of hydrogen-bond donors (Lipinski definition) is 1. The summed E-state index contributed by atoms with van der Waals surface area (Å²) in [6, 6.07) is 14.5. The van der Waals surface area contributed by atoms with E-state index in [0.29, 0.717) is 15.6 Å². The number of anilines is 1. The van der Waals surface area contributed by atoms with Gasteiger partial charge in [-0.25, -0.2) is 8.42 Å². The summed E-state index contributed by atoms with van der Waals surface area (Å²) in [6.07, 6.45) is 0. The Morgan fingerprint density at radius 1 is 0.895 bits per heavy atom. The molecule has 1 atom stereocenters. The fourth-order valence-electron chi connectivity index (χ4n) is 3.68. The Balaban J connectivity index is 2.11. The van der Waals surface area contributed by atoms with Crippen molar-refractivity contribution in [2.24, 2.45) is 0 Å². The molecule has 2 amide bonds. The molecule has 0 spiro atoms. The van der Waals surface area contributed by atoms with Crippen LogP contribution in [0.1, 0.15) is 18.1 Å². The number of aryl methyl sites for hydroxylation is 1. The summed E-state index contributed by atoms with van der Waals surface area (Å²) in [6.45, 7) is 2.52. The third-order valence-electron chi connectivity index (χ3n) is 5.89. The lowest BCUT2D eigenvalue weighted by Crippen LogP contribution is -2.50. The van der Waals surface area contributed by atoms with Crippen molar-refractivity contribution in [2.45, 2.75) is 31.3 Å². The van der Waals surface area contributed by atoms with E-state index in [9.17, 15) is 18.0 Å². The zero-order valence-corrected chi connectivity index (χ0v) is 24.6. The lowest BCUT2D eigenvalue weighted by atomic mass is 10.1. The molecule has 0 saturated carbocycles. The number of halogens is 4. The fraction of sp³-hybridized carbons (Fsp3) is 0.231. The highest BCUT2D eigenvalue weighted by molar-refractivity contribution is 7.92. The molecule has 0 aliphatic rings. The van der Waals surface area contributed by atoms with Crippen molar-refractivity contribution in [1.29, 1.82) is 0 Å². The Hall–Kier alpha value is -2.49. The SMILES string of the molecule is CNC(=O)[C@H](C)N(Cc1c(Cl)cccc1Cl)C(=O)CN(c1cccc(Cl)c1Cl)S(=O)(=O)c1ccc(C)cc1. The number of rotatable bonds is 9. The lowest BCUT2D eigenvalue weighted by molar-refractivity contribution is -0.139. The van der Waals surface area contributed by atoms with Gasteiger partial charge in [-0.1, -0.05) is 76.2 Å². The molecule has 3 aromatic rings. The Bertz CT molecular complexity index is 1430. The highest BCUT2D eigenvalue weighted by Gasteiger charge is 2.34. The average Bonchev–Trinajstić information content (AvgIpc) is 2.88. The number of carbonyl (C=O) groups is 2. The van der Waals surface area contributed by atoms with Crippen LogP contribution in [0.4, 0.5) is 5.69 Å². The van der Waals surface area contributed by atoms with Gasteiger partial charge in [0, 0.05) is 29.2 Å². The van der Waals surface area contributed by atoms with Gasteiger partial charge in [0.25, 0.3) is 10.0 Å². The lowest BCUT2D eigenvalue weighted by Gasteiger charge is -2.32. The van der Waals surface area contributed by atoms with Gasteiger partial charge in [0.2, 0.25) is 11.8 Å². The molecule has 0 aromatic heterocycles. The summed E-state index contributed by atoms with van der Waals surface area (Å²) in [4.78, 5) is 27.6. The highest BCUT2D eigenvalue weighted by Crippen LogP contribution is 2.36. The molecule has 0 unspecified atom stereocenters. The number of nitrogens with zero attached hydrogens (tertiary/aromatic N) is 2. The zero-order valence-electron chi connectivity index (χ0n) is 20.7. The van der Waals surface area contributed by atoms with E-state index in [4.69, 9.17) is 46.4 Å². The van der Waals surface area contributed by atoms with Gasteiger partial charge in [-0.3, -0.25) is 13.9 Å². The van der Waals surface area contributed by atoms with Crippen molar-refractivity contribution in [3.05, 3.63) is 91.9 Å². The highest BCUT2D eigenvalue weighted by atomic mass is 35.5. The van der Waals surface area contributed by atoms with E-state index in [2.05, 4.69) is 5.32 Å². The summed E-state index contributed by atoms with van der Waals surface area (Å²) in [7, 11) is -2.85. The van der Waals surface area contributed by atoms with E-state index in [0.717, 1.165) is 9.87 Å². The molecule has 0 bridgehead atoms. The number of benzene rings is 3. The van der Waals surface area contributed by atoms with Gasteiger partial charge in [0.1, 0.15) is 12.6 Å². The number of hydrogen-bond acceptors (Lipinski definition) is 4. The van der Waals surface area contributed by atoms with Crippen molar-refractivity contribution in [3.8, 4) is 0 Å². The molecule has 0 heterocycles. The molecule has 12 heteroatoms. The van der Waals surface area contributed by atoms with Crippen molar-refractivity contribution < 1.29 is 18.0 Å². The number of carbonyl (C=O) groups excluding carboxylic acids is 2. The minimum Gasteiger partial charge on any atom is -0.357 e. The van der Waals surface area contributed by atoms with Crippen LogP contribution < -0.4 is 9.62 Å². The van der Waals surface area contributed by atoms with E-state index >= 15 is 0 Å². The van der Waals surface area contributed by atoms with E-state index < -0.39 is 34.4 Å². The van der Waals surface area contributed by atoms with E-state index in [-0.39, 0.29) is 27.2 Å². The predicted octanol–water partition coefficient (Wildman–Crippen LogP) is 5.97. The largest absolute Gasteiger partial charge is 0.357 e. The van der Waals surface area contributed by atoms with Crippen LogP contribution in [0.25, 0.3) is 0 Å². The van der Waals surface area contributed by atoms with Crippen LogP contribution in [0.2, 0.25) is 20.1 Å². The molecular weight excluding hydrogens is 592 g/mol. The molecule has 0 fully saturated rings. The third kappa shape index (κ3) is 6.55. The van der Waals surface area contributed by atoms with Gasteiger partial charge >= 0.3 is 0 Å². The summed E-state index contributed by atoms with van der Waals surface area (Å²) in [5.74, 6) is -1.15. The molecule has 7 nitrogen and oxygen atoms in total. The third-order valence-corrected chi connectivity index (χ3v) is 9.18. The topological polar surface area (TPSA) is 86.8 Å². The average molecular weight is 617 g/mol. The normalized spacial score (nSPS) is 12.1. The second kappa shape index (κ2) is 12.6. The number of likely N-dealkylation sites (N-methyl/N-ethyl adjacent to an activating group) is 1. The maximum atomic E-state index is 13.8. The van der Waals surface area contributed by atoms with Gasteiger partial charge in [-0.05, 0) is 50.2 Å². The van der Waals surface area contributed by atoms with Gasteiger partial charge in [0.15, 0.2) is 0 Å². The standard InChI is InChI=1S/C26H25Cl4N3O4S/c1-16-10-12-18(13-11-16)38(36,37)33(23-9-5-8-22(29)25(23)30)15-24(34)32(17(2)26(35)31-3)14-19-20(27)6-4-7-21(19)28/h4-13,17H,14-15H2,1-3H3,(H,31,35)/t17-/m0/s1. The van der Waals surface area contributed by atoms with E-state index in [1.807, 2.05) is 6.92 Å². The van der Waals surface area contributed by atoms with Crippen molar-refractivity contribution in [3.63, 3.8) is 0 Å². The molecule has 3 rings (SSSR count). The molecule has 202 valence electrons. The quantitative estimate of drug-likeness (QED) is 0.321. The first-order chi connectivity index (χ1) is 17.9. The Labute approximate surface area is 242 Å². The first-order valence-corrected chi connectivity index (χ1v) is 14.3. The van der Waals surface area contributed by atoms with Crippen molar-refractivity contribution in [1.82, 2.24) is 10.2 Å². The van der Waals surface area contributed by atoms with E-state index in [1.165, 1.54) is 49.2 Å². The molecule has 0 saturated heterocycles. The number of sulfonamides is 1. The molecule has 0 aliphatic carbocycles. The Morgan fingerprint density at radius 3 is 2.03 bits per heavy atom. The second-order valence-corrected chi connectivity index (χ2v) is 11.9. The Morgan fingerprint density at radius 2 is 1.45 bits per heavy atom. The predicted molar refractivity (Wildman–Crippen MR) is 153 cm³/mol. The van der Waals surface area contributed by atoms with Gasteiger partial charge in [-0.2, -0.15) is 0 Å². The second-order valence-electron chi connectivity index (χ2n) is 8.41. The first kappa shape index (κ1) is 30.1. The molecule has 38 heavy (non-hydrogen) atoms. The van der Waals surface area contributed by atoms with Gasteiger partial charge in [-0.15, -0.1) is 0 Å². The minimum absolute atomic E-state index is 0.0106. The molecule has 0 aliphatic heterocycles. The molecule has 0 radical (unpaired) electrons. The van der Waals surface area contributed by atoms with Crippen LogP contribution in [0.5, 0.6) is 0 Å². The molecular formula is C26H25Cl4N3O4S. The van der Waals surface area contributed by atoms with Crippen LogP contribution in [0.3, 0.4) is 0 Å². The van der Waals surface area contributed by atoms with Crippen LogP contribution >= 0.6 is 46.4 Å². The molecule has 3 aromatic carbocycles. The summed E-state index contributed by atoms with van der Waals surface area (Å²) in [5.41, 5.74) is 1.28. The summed E-state index contributed by atoms with van der Waals surface area (Å²) < 4.78 is 28.5. The maximum Gasteiger partial charge on any atom is 0.264 e.